The number of aromatic nitrogens is 3. The zero-order chi connectivity index (χ0) is 18.8. The first-order valence-electron chi connectivity index (χ1n) is 9.47. The molecule has 2 unspecified atom stereocenters. The van der Waals surface area contributed by atoms with Crippen LogP contribution in [0, 0.1) is 5.92 Å². The second-order valence-corrected chi connectivity index (χ2v) is 7.99. The number of thioether (sulfide) groups is 1. The van der Waals surface area contributed by atoms with Crippen LogP contribution >= 0.6 is 11.8 Å². The summed E-state index contributed by atoms with van der Waals surface area (Å²) in [4.78, 5) is 7.59. The smallest absolute Gasteiger partial charge is 0.137 e. The van der Waals surface area contributed by atoms with Crippen LogP contribution < -0.4 is 10.6 Å². The fourth-order valence-corrected chi connectivity index (χ4v) is 4.98. The van der Waals surface area contributed by atoms with Crippen molar-refractivity contribution in [3.8, 4) is 0 Å². The standard InChI is InChI=1S/C21H25N5S/c1-3-15(4-2)20(25-14-23-13-24-25)16-9-11-17(12-10-16)26-18-7-5-6-8-19(18)27-21(26)22/h5-15,20-21H,3-4,22H2,1-2H3. The van der Waals surface area contributed by atoms with Crippen molar-refractivity contribution in [2.45, 2.75) is 43.1 Å². The molecule has 140 valence electrons. The molecule has 0 amide bonds. The predicted molar refractivity (Wildman–Crippen MR) is 111 cm³/mol. The molecule has 27 heavy (non-hydrogen) atoms. The number of nitrogens with zero attached hydrogens (tertiary/aromatic N) is 4. The van der Waals surface area contributed by atoms with Crippen LogP contribution in [0.5, 0.6) is 0 Å². The largest absolute Gasteiger partial charge is 0.315 e. The number of rotatable bonds is 6. The fraction of sp³-hybridized carbons (Fsp3) is 0.333. The van der Waals surface area contributed by atoms with Crippen molar-refractivity contribution in [1.82, 2.24) is 14.8 Å². The van der Waals surface area contributed by atoms with E-state index in [4.69, 9.17) is 5.73 Å². The predicted octanol–water partition coefficient (Wildman–Crippen LogP) is 4.79. The van der Waals surface area contributed by atoms with Gasteiger partial charge in [0, 0.05) is 10.6 Å². The molecule has 1 aromatic heterocycles. The molecule has 2 atom stereocenters. The van der Waals surface area contributed by atoms with Crippen molar-refractivity contribution in [3.05, 3.63) is 66.7 Å². The second kappa shape index (κ2) is 7.74. The molecule has 3 aromatic rings. The highest BCUT2D eigenvalue weighted by Gasteiger charge is 2.29. The van der Waals surface area contributed by atoms with Gasteiger partial charge in [-0.1, -0.05) is 62.7 Å². The summed E-state index contributed by atoms with van der Waals surface area (Å²) in [6.07, 6.45) is 5.63. The highest BCUT2D eigenvalue weighted by atomic mass is 32.2. The van der Waals surface area contributed by atoms with E-state index < -0.39 is 0 Å². The first kappa shape index (κ1) is 18.1. The van der Waals surface area contributed by atoms with Crippen LogP contribution in [0.2, 0.25) is 0 Å². The van der Waals surface area contributed by atoms with Gasteiger partial charge in [0.15, 0.2) is 0 Å². The van der Waals surface area contributed by atoms with Gasteiger partial charge in [-0.05, 0) is 35.7 Å². The lowest BCUT2D eigenvalue weighted by atomic mass is 9.89. The molecule has 0 saturated heterocycles. The van der Waals surface area contributed by atoms with Gasteiger partial charge in [0.1, 0.15) is 18.2 Å². The normalized spacial score (nSPS) is 17.3. The molecule has 0 spiro atoms. The van der Waals surface area contributed by atoms with E-state index in [0.29, 0.717) is 5.92 Å². The molecule has 2 N–H and O–H groups in total. The van der Waals surface area contributed by atoms with Crippen molar-refractivity contribution in [2.75, 3.05) is 4.90 Å². The monoisotopic (exact) mass is 379 g/mol. The number of anilines is 2. The van der Waals surface area contributed by atoms with Crippen molar-refractivity contribution in [3.63, 3.8) is 0 Å². The Kier molecular flexibility index (Phi) is 5.18. The lowest BCUT2D eigenvalue weighted by Gasteiger charge is -2.27. The van der Waals surface area contributed by atoms with Crippen LogP contribution in [0.15, 0.2) is 66.1 Å². The fourth-order valence-electron chi connectivity index (χ4n) is 3.93. The van der Waals surface area contributed by atoms with Gasteiger partial charge in [-0.3, -0.25) is 0 Å². The number of nitrogens with two attached hydrogens (primary N) is 1. The Balaban J connectivity index is 1.67. The topological polar surface area (TPSA) is 60.0 Å². The Bertz CT molecular complexity index is 874. The Morgan fingerprint density at radius 3 is 2.48 bits per heavy atom. The van der Waals surface area contributed by atoms with Crippen molar-refractivity contribution < 1.29 is 0 Å². The highest BCUT2D eigenvalue weighted by Crippen LogP contribution is 2.45. The van der Waals surface area contributed by atoms with Crippen LogP contribution in [-0.4, -0.2) is 20.3 Å². The molecular weight excluding hydrogens is 354 g/mol. The third-order valence-corrected chi connectivity index (χ3v) is 6.41. The Hall–Kier alpha value is -2.31. The number of benzene rings is 2. The molecule has 6 heteroatoms. The minimum absolute atomic E-state index is 0.0987. The van der Waals surface area contributed by atoms with Crippen LogP contribution in [0.1, 0.15) is 38.3 Å². The number of fused-ring (bicyclic) bond motifs is 1. The maximum atomic E-state index is 6.39. The van der Waals surface area contributed by atoms with E-state index >= 15 is 0 Å². The second-order valence-electron chi connectivity index (χ2n) is 6.83. The van der Waals surface area contributed by atoms with Crippen molar-refractivity contribution >= 4 is 23.1 Å². The lowest BCUT2D eigenvalue weighted by Crippen LogP contribution is -2.32. The summed E-state index contributed by atoms with van der Waals surface area (Å²) in [6.45, 7) is 4.48. The zero-order valence-corrected chi connectivity index (χ0v) is 16.5. The molecule has 1 aliphatic heterocycles. The maximum absolute atomic E-state index is 6.39. The first-order valence-corrected chi connectivity index (χ1v) is 10.4. The van der Waals surface area contributed by atoms with E-state index in [1.807, 2.05) is 11.0 Å². The molecule has 0 bridgehead atoms. The van der Waals surface area contributed by atoms with E-state index in [-0.39, 0.29) is 11.5 Å². The van der Waals surface area contributed by atoms with Gasteiger partial charge >= 0.3 is 0 Å². The van der Waals surface area contributed by atoms with Gasteiger partial charge in [-0.15, -0.1) is 0 Å². The van der Waals surface area contributed by atoms with Crippen molar-refractivity contribution in [1.29, 1.82) is 0 Å². The Morgan fingerprint density at radius 2 is 1.81 bits per heavy atom. The quantitative estimate of drug-likeness (QED) is 0.667. The Labute approximate surface area is 164 Å². The van der Waals surface area contributed by atoms with E-state index in [2.05, 4.69) is 77.4 Å². The van der Waals surface area contributed by atoms with Gasteiger partial charge in [-0.2, -0.15) is 5.10 Å². The lowest BCUT2D eigenvalue weighted by molar-refractivity contribution is 0.332. The molecule has 0 fully saturated rings. The summed E-state index contributed by atoms with van der Waals surface area (Å²) in [5, 5.41) is 4.42. The molecule has 2 heterocycles. The maximum Gasteiger partial charge on any atom is 0.137 e. The minimum atomic E-state index is -0.0987. The number of hydrogen-bond donors (Lipinski definition) is 1. The van der Waals surface area contributed by atoms with Crippen LogP contribution in [0.25, 0.3) is 0 Å². The third-order valence-electron chi connectivity index (χ3n) is 5.36. The highest BCUT2D eigenvalue weighted by molar-refractivity contribution is 8.00. The molecule has 0 aliphatic carbocycles. The van der Waals surface area contributed by atoms with Gasteiger partial charge in [-0.25, -0.2) is 9.67 Å². The molecule has 1 aliphatic rings. The SMILES string of the molecule is CCC(CC)C(c1ccc(N2c3ccccc3SC2N)cc1)n1cncn1. The summed E-state index contributed by atoms with van der Waals surface area (Å²) in [7, 11) is 0. The number of para-hydroxylation sites is 1. The summed E-state index contributed by atoms with van der Waals surface area (Å²) >= 11 is 1.70. The number of hydrogen-bond acceptors (Lipinski definition) is 5. The molecule has 2 aromatic carbocycles. The van der Waals surface area contributed by atoms with Crippen LogP contribution in [0.4, 0.5) is 11.4 Å². The average molecular weight is 380 g/mol. The molecule has 0 radical (unpaired) electrons. The summed E-state index contributed by atoms with van der Waals surface area (Å²) in [5.74, 6) is 0.517. The van der Waals surface area contributed by atoms with Crippen LogP contribution in [0.3, 0.4) is 0 Å². The van der Waals surface area contributed by atoms with E-state index in [1.54, 1.807) is 18.1 Å². The Morgan fingerprint density at radius 1 is 1.07 bits per heavy atom. The van der Waals surface area contributed by atoms with E-state index in [1.165, 1.54) is 16.1 Å². The van der Waals surface area contributed by atoms with Gasteiger partial charge in [0.2, 0.25) is 0 Å². The summed E-state index contributed by atoms with van der Waals surface area (Å²) in [5.41, 5.74) is 9.84. The molecule has 4 rings (SSSR count). The first-order chi connectivity index (χ1) is 13.2. The van der Waals surface area contributed by atoms with Gasteiger partial charge in [0.05, 0.1) is 11.7 Å². The molecule has 5 nitrogen and oxygen atoms in total. The zero-order valence-electron chi connectivity index (χ0n) is 15.7. The molecule has 0 saturated carbocycles. The van der Waals surface area contributed by atoms with Crippen molar-refractivity contribution in [2.24, 2.45) is 11.7 Å². The van der Waals surface area contributed by atoms with E-state index in [9.17, 15) is 0 Å². The van der Waals surface area contributed by atoms with E-state index in [0.717, 1.165) is 18.5 Å². The molecular formula is C21H25N5S. The van der Waals surface area contributed by atoms with Crippen LogP contribution in [-0.2, 0) is 0 Å². The van der Waals surface area contributed by atoms with Gasteiger partial charge < -0.3 is 10.6 Å². The minimum Gasteiger partial charge on any atom is -0.315 e. The summed E-state index contributed by atoms with van der Waals surface area (Å²) < 4.78 is 1.99. The summed E-state index contributed by atoms with van der Waals surface area (Å²) in [6, 6.07) is 17.3. The van der Waals surface area contributed by atoms with Gasteiger partial charge in [0.25, 0.3) is 0 Å². The third kappa shape index (κ3) is 3.35. The average Bonchev–Trinajstić information content (AvgIpc) is 3.33.